The number of sulfone groups is 1. The maximum absolute atomic E-state index is 13.3. The van der Waals surface area contributed by atoms with Crippen molar-refractivity contribution in [1.82, 2.24) is 4.90 Å². The first-order valence-corrected chi connectivity index (χ1v) is 14.2. The molecule has 0 aliphatic carbocycles. The second-order valence-corrected chi connectivity index (χ2v) is 11.8. The molecule has 1 fully saturated rings. The highest BCUT2D eigenvalue weighted by Gasteiger charge is 2.33. The first-order valence-electron chi connectivity index (χ1n) is 11.3. The van der Waals surface area contributed by atoms with Gasteiger partial charge in [0.1, 0.15) is 0 Å². The molecule has 0 atom stereocenters. The number of amides is 2. The summed E-state index contributed by atoms with van der Waals surface area (Å²) >= 11 is 9.69. The minimum absolute atomic E-state index is 0.0998. The SMILES string of the molecule is CCC(=O)N1CCc2cc(Br)cc(S(=O)(=O)CCC(=O)N3CCN(c4ccccc4Cl)CC3)c21. The molecule has 2 aromatic carbocycles. The Morgan fingerprint density at radius 2 is 1.74 bits per heavy atom. The number of halogens is 2. The zero-order chi connectivity index (χ0) is 24.5. The number of hydrogen-bond acceptors (Lipinski definition) is 5. The van der Waals surface area contributed by atoms with Gasteiger partial charge in [-0.05, 0) is 36.2 Å². The van der Waals surface area contributed by atoms with Crippen LogP contribution in [0.2, 0.25) is 5.02 Å². The quantitative estimate of drug-likeness (QED) is 0.528. The van der Waals surface area contributed by atoms with Crippen LogP contribution in [0.15, 0.2) is 45.8 Å². The molecule has 0 saturated carbocycles. The zero-order valence-corrected chi connectivity index (χ0v) is 22.1. The van der Waals surface area contributed by atoms with E-state index in [2.05, 4.69) is 20.8 Å². The molecule has 0 radical (unpaired) electrons. The number of hydrogen-bond donors (Lipinski definition) is 0. The van der Waals surface area contributed by atoms with E-state index >= 15 is 0 Å². The molecule has 2 heterocycles. The van der Waals surface area contributed by atoms with E-state index < -0.39 is 9.84 Å². The van der Waals surface area contributed by atoms with Gasteiger partial charge in [0.2, 0.25) is 11.8 Å². The highest BCUT2D eigenvalue weighted by Crippen LogP contribution is 2.38. The molecule has 10 heteroatoms. The van der Waals surface area contributed by atoms with E-state index in [0.717, 1.165) is 11.3 Å². The molecule has 34 heavy (non-hydrogen) atoms. The molecule has 2 aromatic rings. The Kier molecular flexibility index (Phi) is 7.54. The molecule has 182 valence electrons. The van der Waals surface area contributed by atoms with Crippen molar-refractivity contribution in [1.29, 1.82) is 0 Å². The Morgan fingerprint density at radius 1 is 1.03 bits per heavy atom. The molecule has 0 unspecified atom stereocenters. The lowest BCUT2D eigenvalue weighted by Gasteiger charge is -2.36. The van der Waals surface area contributed by atoms with Crippen LogP contribution in [0.5, 0.6) is 0 Å². The van der Waals surface area contributed by atoms with Gasteiger partial charge in [0.15, 0.2) is 9.84 Å². The first kappa shape index (κ1) is 25.0. The topological polar surface area (TPSA) is 78.0 Å². The zero-order valence-electron chi connectivity index (χ0n) is 19.0. The molecule has 1 saturated heterocycles. The Balaban J connectivity index is 1.43. The van der Waals surface area contributed by atoms with Gasteiger partial charge in [-0.2, -0.15) is 0 Å². The summed E-state index contributed by atoms with van der Waals surface area (Å²) in [6.45, 7) is 4.52. The summed E-state index contributed by atoms with van der Waals surface area (Å²) in [5.74, 6) is -0.589. The van der Waals surface area contributed by atoms with Crippen LogP contribution < -0.4 is 9.80 Å². The lowest BCUT2D eigenvalue weighted by atomic mass is 10.2. The van der Waals surface area contributed by atoms with Gasteiger partial charge in [-0.15, -0.1) is 0 Å². The molecule has 4 rings (SSSR count). The monoisotopic (exact) mass is 567 g/mol. The minimum Gasteiger partial charge on any atom is -0.367 e. The molecule has 7 nitrogen and oxygen atoms in total. The molecule has 2 amide bonds. The van der Waals surface area contributed by atoms with Crippen molar-refractivity contribution in [3.8, 4) is 0 Å². The number of nitrogens with zero attached hydrogens (tertiary/aromatic N) is 3. The number of carbonyl (C=O) groups excluding carboxylic acids is 2. The Morgan fingerprint density at radius 3 is 2.41 bits per heavy atom. The van der Waals surface area contributed by atoms with E-state index in [1.807, 2.05) is 30.3 Å². The number of fused-ring (bicyclic) bond motifs is 1. The highest BCUT2D eigenvalue weighted by atomic mass is 79.9. The van der Waals surface area contributed by atoms with Gasteiger partial charge < -0.3 is 14.7 Å². The number of benzene rings is 2. The van der Waals surface area contributed by atoms with E-state index in [1.54, 1.807) is 22.8 Å². The van der Waals surface area contributed by atoms with Gasteiger partial charge in [0, 0.05) is 50.0 Å². The largest absolute Gasteiger partial charge is 0.367 e. The van der Waals surface area contributed by atoms with E-state index in [9.17, 15) is 18.0 Å². The summed E-state index contributed by atoms with van der Waals surface area (Å²) in [6.07, 6.45) is 0.808. The third kappa shape index (κ3) is 5.11. The Bertz CT molecular complexity index is 1210. The minimum atomic E-state index is -3.78. The van der Waals surface area contributed by atoms with Gasteiger partial charge in [-0.25, -0.2) is 8.42 Å². The summed E-state index contributed by atoms with van der Waals surface area (Å²) in [5, 5.41) is 0.672. The maximum Gasteiger partial charge on any atom is 0.226 e. The molecule has 0 bridgehead atoms. The van der Waals surface area contributed by atoms with Crippen molar-refractivity contribution in [2.45, 2.75) is 31.1 Å². The summed E-state index contributed by atoms with van der Waals surface area (Å²) in [4.78, 5) is 30.8. The van der Waals surface area contributed by atoms with Gasteiger partial charge in [0.05, 0.1) is 27.0 Å². The van der Waals surface area contributed by atoms with Crippen molar-refractivity contribution in [3.05, 3.63) is 51.5 Å². The first-order chi connectivity index (χ1) is 16.2. The molecular formula is C24H27BrClN3O4S. The van der Waals surface area contributed by atoms with Crippen LogP contribution in [0.3, 0.4) is 0 Å². The molecule has 2 aliphatic heterocycles. The lowest BCUT2D eigenvalue weighted by molar-refractivity contribution is -0.131. The summed E-state index contributed by atoms with van der Waals surface area (Å²) in [6, 6.07) is 11.0. The molecule has 0 spiro atoms. The molecule has 0 aromatic heterocycles. The lowest BCUT2D eigenvalue weighted by Crippen LogP contribution is -2.49. The van der Waals surface area contributed by atoms with Crippen LogP contribution in [0.1, 0.15) is 25.3 Å². The fourth-order valence-electron chi connectivity index (χ4n) is 4.54. The van der Waals surface area contributed by atoms with Crippen LogP contribution in [-0.2, 0) is 25.8 Å². The van der Waals surface area contributed by atoms with Crippen molar-refractivity contribution in [2.24, 2.45) is 0 Å². The van der Waals surface area contributed by atoms with Crippen molar-refractivity contribution < 1.29 is 18.0 Å². The van der Waals surface area contributed by atoms with E-state index in [-0.39, 0.29) is 28.9 Å². The van der Waals surface area contributed by atoms with Gasteiger partial charge >= 0.3 is 0 Å². The van der Waals surface area contributed by atoms with Crippen LogP contribution in [0, 0.1) is 0 Å². The number of anilines is 2. The number of para-hydroxylation sites is 1. The number of piperazine rings is 1. The third-order valence-electron chi connectivity index (χ3n) is 6.34. The average molecular weight is 569 g/mol. The fraction of sp³-hybridized carbons (Fsp3) is 0.417. The van der Waals surface area contributed by atoms with Crippen molar-refractivity contribution in [3.63, 3.8) is 0 Å². The van der Waals surface area contributed by atoms with Crippen LogP contribution in [0.25, 0.3) is 0 Å². The molecule has 0 N–H and O–H groups in total. The van der Waals surface area contributed by atoms with Crippen molar-refractivity contribution in [2.75, 3.05) is 48.3 Å². The second-order valence-electron chi connectivity index (χ2n) is 8.45. The van der Waals surface area contributed by atoms with E-state index in [4.69, 9.17) is 11.6 Å². The van der Waals surface area contributed by atoms with Gasteiger partial charge in [-0.3, -0.25) is 9.59 Å². The standard InChI is InChI=1S/C24H27BrClN3O4S/c1-2-22(30)29-9-7-17-15-18(25)16-21(24(17)29)34(32,33)14-8-23(31)28-12-10-27(11-13-28)20-6-4-3-5-19(20)26/h3-6,15-16H,2,7-14H2,1H3. The third-order valence-corrected chi connectivity index (χ3v) is 8.84. The summed E-state index contributed by atoms with van der Waals surface area (Å²) in [5.41, 5.74) is 2.24. The second kappa shape index (κ2) is 10.3. The molecular weight excluding hydrogens is 542 g/mol. The van der Waals surface area contributed by atoms with Gasteiger partial charge in [-0.1, -0.05) is 46.6 Å². The summed E-state index contributed by atoms with van der Waals surface area (Å²) < 4.78 is 27.3. The van der Waals surface area contributed by atoms with Crippen LogP contribution >= 0.6 is 27.5 Å². The predicted molar refractivity (Wildman–Crippen MR) is 137 cm³/mol. The highest BCUT2D eigenvalue weighted by molar-refractivity contribution is 9.10. The Hall–Kier alpha value is -2.10. The number of carbonyl (C=O) groups is 2. The maximum atomic E-state index is 13.3. The van der Waals surface area contributed by atoms with Crippen LogP contribution in [0.4, 0.5) is 11.4 Å². The Labute approximate surface area is 213 Å². The van der Waals surface area contributed by atoms with Gasteiger partial charge in [0.25, 0.3) is 0 Å². The van der Waals surface area contributed by atoms with E-state index in [1.165, 1.54) is 0 Å². The number of rotatable bonds is 6. The van der Waals surface area contributed by atoms with Crippen LogP contribution in [-0.4, -0.2) is 63.6 Å². The van der Waals surface area contributed by atoms with E-state index in [0.29, 0.717) is 60.7 Å². The molecule has 2 aliphatic rings. The van der Waals surface area contributed by atoms with Crippen molar-refractivity contribution >= 4 is 60.6 Å². The predicted octanol–water partition coefficient (Wildman–Crippen LogP) is 3.91. The summed E-state index contributed by atoms with van der Waals surface area (Å²) in [7, 11) is -3.78. The normalized spacial score (nSPS) is 16.0. The average Bonchev–Trinajstić information content (AvgIpc) is 3.25. The smallest absolute Gasteiger partial charge is 0.226 e. The fourth-order valence-corrected chi connectivity index (χ4v) is 6.96.